The second-order valence-electron chi connectivity index (χ2n) is 4.77. The van der Waals surface area contributed by atoms with Gasteiger partial charge in [-0.1, -0.05) is 25.0 Å². The van der Waals surface area contributed by atoms with Crippen LogP contribution in [0.4, 0.5) is 4.39 Å². The van der Waals surface area contributed by atoms with Crippen LogP contribution in [0.5, 0.6) is 5.75 Å². The Balaban J connectivity index is 1.89. The van der Waals surface area contributed by atoms with Gasteiger partial charge < -0.3 is 15.8 Å². The van der Waals surface area contributed by atoms with Gasteiger partial charge >= 0.3 is 0 Å². The number of benzene rings is 1. The zero-order valence-corrected chi connectivity index (χ0v) is 10.8. The number of rotatable bonds is 5. The SMILES string of the molecule is NCc1cccc(F)c1OCC(=O)NC1CCCC1. The summed E-state index contributed by atoms with van der Waals surface area (Å²) in [7, 11) is 0. The number of amides is 1. The maximum absolute atomic E-state index is 13.6. The zero-order valence-electron chi connectivity index (χ0n) is 10.8. The minimum Gasteiger partial charge on any atom is -0.480 e. The number of nitrogens with two attached hydrogens (primary N) is 1. The van der Waals surface area contributed by atoms with Crippen LogP contribution in [0.25, 0.3) is 0 Å². The molecule has 0 radical (unpaired) electrons. The molecule has 0 spiro atoms. The van der Waals surface area contributed by atoms with Gasteiger partial charge in [-0.2, -0.15) is 0 Å². The molecule has 3 N–H and O–H groups in total. The van der Waals surface area contributed by atoms with Crippen molar-refractivity contribution in [1.82, 2.24) is 5.32 Å². The first-order valence-electron chi connectivity index (χ1n) is 6.60. The third-order valence-corrected chi connectivity index (χ3v) is 3.34. The first kappa shape index (κ1) is 13.8. The van der Waals surface area contributed by atoms with E-state index in [0.29, 0.717) is 5.56 Å². The molecule has 0 bridgehead atoms. The number of hydrogen-bond donors (Lipinski definition) is 2. The Morgan fingerprint density at radius 3 is 2.84 bits per heavy atom. The van der Waals surface area contributed by atoms with Crippen molar-refractivity contribution >= 4 is 5.91 Å². The molecule has 0 unspecified atom stereocenters. The maximum Gasteiger partial charge on any atom is 0.258 e. The molecular formula is C14H19FN2O2. The molecule has 1 amide bonds. The van der Waals surface area contributed by atoms with Crippen molar-refractivity contribution in [2.24, 2.45) is 5.73 Å². The average Bonchev–Trinajstić information content (AvgIpc) is 2.89. The Bertz CT molecular complexity index is 445. The number of nitrogens with one attached hydrogen (secondary N) is 1. The van der Waals surface area contributed by atoms with E-state index < -0.39 is 5.82 Å². The van der Waals surface area contributed by atoms with Crippen molar-refractivity contribution in [1.29, 1.82) is 0 Å². The summed E-state index contributed by atoms with van der Waals surface area (Å²) in [4.78, 5) is 11.7. The van der Waals surface area contributed by atoms with Crippen LogP contribution >= 0.6 is 0 Å². The molecule has 19 heavy (non-hydrogen) atoms. The van der Waals surface area contributed by atoms with Crippen LogP contribution < -0.4 is 15.8 Å². The molecule has 104 valence electrons. The third-order valence-electron chi connectivity index (χ3n) is 3.34. The van der Waals surface area contributed by atoms with Gasteiger partial charge in [0.05, 0.1) is 0 Å². The van der Waals surface area contributed by atoms with Gasteiger partial charge in [-0.05, 0) is 18.9 Å². The third kappa shape index (κ3) is 3.67. The Kier molecular flexibility index (Phi) is 4.74. The van der Waals surface area contributed by atoms with Gasteiger partial charge in [0.2, 0.25) is 0 Å². The number of carbonyl (C=O) groups is 1. The lowest BCUT2D eigenvalue weighted by molar-refractivity contribution is -0.123. The predicted octanol–water partition coefficient (Wildman–Crippen LogP) is 1.72. The van der Waals surface area contributed by atoms with E-state index in [1.54, 1.807) is 12.1 Å². The van der Waals surface area contributed by atoms with Crippen LogP contribution in [-0.4, -0.2) is 18.6 Å². The summed E-state index contributed by atoms with van der Waals surface area (Å²) in [6.07, 6.45) is 4.33. The standard InChI is InChI=1S/C14H19FN2O2/c15-12-7-3-4-10(8-16)14(12)19-9-13(18)17-11-5-1-2-6-11/h3-4,7,11H,1-2,5-6,8-9,16H2,(H,17,18). The lowest BCUT2D eigenvalue weighted by Gasteiger charge is -2.14. The van der Waals surface area contributed by atoms with E-state index in [2.05, 4.69) is 5.32 Å². The summed E-state index contributed by atoms with van der Waals surface area (Å²) >= 11 is 0. The van der Waals surface area contributed by atoms with Gasteiger partial charge in [0.15, 0.2) is 18.2 Å². The summed E-state index contributed by atoms with van der Waals surface area (Å²) < 4.78 is 18.8. The molecule has 0 heterocycles. The van der Waals surface area contributed by atoms with Gasteiger partial charge in [0.1, 0.15) is 0 Å². The van der Waals surface area contributed by atoms with Crippen molar-refractivity contribution in [3.63, 3.8) is 0 Å². The van der Waals surface area contributed by atoms with E-state index in [9.17, 15) is 9.18 Å². The summed E-state index contributed by atoms with van der Waals surface area (Å²) in [6.45, 7) is 0.00176. The highest BCUT2D eigenvalue weighted by Gasteiger charge is 2.18. The highest BCUT2D eigenvalue weighted by atomic mass is 19.1. The van der Waals surface area contributed by atoms with Crippen LogP contribution in [-0.2, 0) is 11.3 Å². The summed E-state index contributed by atoms with van der Waals surface area (Å²) in [5.41, 5.74) is 6.07. The molecule has 1 fully saturated rings. The monoisotopic (exact) mass is 266 g/mol. The van der Waals surface area contributed by atoms with Gasteiger partial charge in [0.25, 0.3) is 5.91 Å². The molecular weight excluding hydrogens is 247 g/mol. The van der Waals surface area contributed by atoms with Crippen LogP contribution in [0, 0.1) is 5.82 Å². The van der Waals surface area contributed by atoms with Crippen molar-refractivity contribution in [3.8, 4) is 5.75 Å². The highest BCUT2D eigenvalue weighted by molar-refractivity contribution is 5.77. The molecule has 1 aromatic carbocycles. The first-order chi connectivity index (χ1) is 9.20. The van der Waals surface area contributed by atoms with Crippen LogP contribution in [0.15, 0.2) is 18.2 Å². The predicted molar refractivity (Wildman–Crippen MR) is 70.2 cm³/mol. The maximum atomic E-state index is 13.6. The average molecular weight is 266 g/mol. The molecule has 1 saturated carbocycles. The lowest BCUT2D eigenvalue weighted by atomic mass is 10.2. The molecule has 1 aliphatic carbocycles. The fourth-order valence-corrected chi connectivity index (χ4v) is 2.35. The Labute approximate surface area is 112 Å². The number of hydrogen-bond acceptors (Lipinski definition) is 3. The van der Waals surface area contributed by atoms with Crippen molar-refractivity contribution < 1.29 is 13.9 Å². The summed E-state index contributed by atoms with van der Waals surface area (Å²) in [5, 5.41) is 2.89. The Morgan fingerprint density at radius 1 is 1.42 bits per heavy atom. The molecule has 2 rings (SSSR count). The van der Waals surface area contributed by atoms with E-state index >= 15 is 0 Å². The molecule has 0 aliphatic heterocycles. The largest absolute Gasteiger partial charge is 0.480 e. The summed E-state index contributed by atoms with van der Waals surface area (Å²) in [5.74, 6) is -0.624. The van der Waals surface area contributed by atoms with Crippen molar-refractivity contribution in [3.05, 3.63) is 29.6 Å². The highest BCUT2D eigenvalue weighted by Crippen LogP contribution is 2.22. The molecule has 0 atom stereocenters. The summed E-state index contributed by atoms with van der Waals surface area (Å²) in [6, 6.07) is 4.80. The molecule has 4 nitrogen and oxygen atoms in total. The van der Waals surface area contributed by atoms with Crippen LogP contribution in [0.3, 0.4) is 0 Å². The second kappa shape index (κ2) is 6.52. The Hall–Kier alpha value is -1.62. The van der Waals surface area contributed by atoms with Gasteiger partial charge in [0, 0.05) is 18.2 Å². The zero-order chi connectivity index (χ0) is 13.7. The number of para-hydroxylation sites is 1. The van der Waals surface area contributed by atoms with Gasteiger partial charge in [-0.15, -0.1) is 0 Å². The number of halogens is 1. The Morgan fingerprint density at radius 2 is 2.16 bits per heavy atom. The molecule has 0 saturated heterocycles. The molecule has 1 aromatic rings. The van der Waals surface area contributed by atoms with Gasteiger partial charge in [-0.3, -0.25) is 4.79 Å². The first-order valence-corrected chi connectivity index (χ1v) is 6.60. The minimum atomic E-state index is -0.489. The van der Waals surface area contributed by atoms with Gasteiger partial charge in [-0.25, -0.2) is 4.39 Å². The van der Waals surface area contributed by atoms with Crippen LogP contribution in [0.1, 0.15) is 31.2 Å². The minimum absolute atomic E-state index is 0.0755. The normalized spacial score (nSPS) is 15.5. The van der Waals surface area contributed by atoms with E-state index in [0.717, 1.165) is 25.7 Å². The fraction of sp³-hybridized carbons (Fsp3) is 0.500. The van der Waals surface area contributed by atoms with E-state index in [1.165, 1.54) is 6.07 Å². The topological polar surface area (TPSA) is 64.3 Å². The molecule has 0 aromatic heterocycles. The van der Waals surface area contributed by atoms with Crippen molar-refractivity contribution in [2.45, 2.75) is 38.3 Å². The molecule has 5 heteroatoms. The fourth-order valence-electron chi connectivity index (χ4n) is 2.35. The van der Waals surface area contributed by atoms with Crippen LogP contribution in [0.2, 0.25) is 0 Å². The quantitative estimate of drug-likeness (QED) is 0.853. The smallest absolute Gasteiger partial charge is 0.258 e. The number of ether oxygens (including phenoxy) is 1. The van der Waals surface area contributed by atoms with Crippen molar-refractivity contribution in [2.75, 3.05) is 6.61 Å². The molecule has 1 aliphatic rings. The lowest BCUT2D eigenvalue weighted by Crippen LogP contribution is -2.36. The van der Waals surface area contributed by atoms with E-state index in [-0.39, 0.29) is 30.9 Å². The second-order valence-corrected chi connectivity index (χ2v) is 4.77. The number of carbonyl (C=O) groups excluding carboxylic acids is 1. The van der Waals surface area contributed by atoms with E-state index in [1.807, 2.05) is 0 Å². The van der Waals surface area contributed by atoms with E-state index in [4.69, 9.17) is 10.5 Å².